The van der Waals surface area contributed by atoms with Crippen LogP contribution in [0.4, 0.5) is 11.5 Å². The van der Waals surface area contributed by atoms with Crippen LogP contribution in [0.15, 0.2) is 56.7 Å². The molecule has 0 radical (unpaired) electrons. The summed E-state index contributed by atoms with van der Waals surface area (Å²) in [6, 6.07) is 11.4. The third-order valence-corrected chi connectivity index (χ3v) is 5.16. The molecule has 0 unspecified atom stereocenters. The lowest BCUT2D eigenvalue weighted by Gasteiger charge is -2.24. The van der Waals surface area contributed by atoms with E-state index < -0.39 is 11.2 Å². The van der Waals surface area contributed by atoms with Crippen molar-refractivity contribution in [3.8, 4) is 0 Å². The normalized spacial score (nSPS) is 10.9. The lowest BCUT2D eigenvalue weighted by molar-refractivity contribution is -0.118. The highest BCUT2D eigenvalue weighted by Crippen LogP contribution is 2.22. The molecule has 0 aliphatic heterocycles. The van der Waals surface area contributed by atoms with E-state index in [4.69, 9.17) is 10.2 Å². The molecule has 8 heteroatoms. The minimum absolute atomic E-state index is 0.0163. The molecular weight excluding hydrogens is 396 g/mol. The van der Waals surface area contributed by atoms with Crippen molar-refractivity contribution in [3.63, 3.8) is 0 Å². The van der Waals surface area contributed by atoms with Crippen LogP contribution in [0.1, 0.15) is 43.1 Å². The van der Waals surface area contributed by atoms with Gasteiger partial charge in [0.05, 0.1) is 12.8 Å². The van der Waals surface area contributed by atoms with Crippen molar-refractivity contribution < 1.29 is 9.21 Å². The molecule has 3 aromatic rings. The standard InChI is InChI=1S/C23H28N4O4/c1-3-4-13-26-21(24)20(22(29)25-23(26)30)27(15-18-6-5-14-31-18)19(28)12-11-17-9-7-16(2)8-10-17/h5-10,14H,3-4,11-13,15,24H2,1-2H3,(H,25,29,30). The number of aromatic amines is 1. The number of nitrogens with zero attached hydrogens (tertiary/aromatic N) is 2. The lowest BCUT2D eigenvalue weighted by Crippen LogP contribution is -2.41. The Kier molecular flexibility index (Phi) is 7.12. The molecule has 0 bridgehead atoms. The smallest absolute Gasteiger partial charge is 0.330 e. The van der Waals surface area contributed by atoms with Gasteiger partial charge in [0.15, 0.2) is 5.69 Å². The van der Waals surface area contributed by atoms with Gasteiger partial charge in [0.25, 0.3) is 5.56 Å². The number of anilines is 2. The van der Waals surface area contributed by atoms with Crippen molar-refractivity contribution in [3.05, 3.63) is 80.4 Å². The van der Waals surface area contributed by atoms with Gasteiger partial charge in [0, 0.05) is 13.0 Å². The summed E-state index contributed by atoms with van der Waals surface area (Å²) in [5.74, 6) is 0.209. The zero-order valence-corrected chi connectivity index (χ0v) is 17.9. The maximum absolute atomic E-state index is 13.2. The molecule has 0 atom stereocenters. The Morgan fingerprint density at radius 2 is 1.94 bits per heavy atom. The summed E-state index contributed by atoms with van der Waals surface area (Å²) in [6.45, 7) is 4.39. The first-order valence-corrected chi connectivity index (χ1v) is 10.4. The van der Waals surface area contributed by atoms with Crippen LogP contribution in [-0.4, -0.2) is 15.5 Å². The number of nitrogens with one attached hydrogen (secondary N) is 1. The van der Waals surface area contributed by atoms with E-state index in [-0.39, 0.29) is 30.4 Å². The highest BCUT2D eigenvalue weighted by atomic mass is 16.3. The number of hydrogen-bond donors (Lipinski definition) is 2. The van der Waals surface area contributed by atoms with Gasteiger partial charge in [-0.2, -0.15) is 0 Å². The summed E-state index contributed by atoms with van der Waals surface area (Å²) in [7, 11) is 0. The molecule has 0 aliphatic rings. The highest BCUT2D eigenvalue weighted by Gasteiger charge is 2.25. The molecule has 0 saturated heterocycles. The first-order valence-electron chi connectivity index (χ1n) is 10.4. The maximum Gasteiger partial charge on any atom is 0.330 e. The highest BCUT2D eigenvalue weighted by molar-refractivity contribution is 5.95. The van der Waals surface area contributed by atoms with Gasteiger partial charge >= 0.3 is 5.69 Å². The molecule has 1 amide bonds. The van der Waals surface area contributed by atoms with Gasteiger partial charge in [0.1, 0.15) is 11.6 Å². The average molecular weight is 425 g/mol. The Labute approximate surface area is 180 Å². The van der Waals surface area contributed by atoms with Crippen LogP contribution in [0.25, 0.3) is 0 Å². The number of H-pyrrole nitrogens is 1. The first kappa shape index (κ1) is 22.1. The van der Waals surface area contributed by atoms with E-state index in [1.807, 2.05) is 38.1 Å². The number of nitrogen functional groups attached to an aromatic ring is 1. The summed E-state index contributed by atoms with van der Waals surface area (Å²) in [5, 5.41) is 0. The van der Waals surface area contributed by atoms with Crippen LogP contribution in [-0.2, 0) is 24.3 Å². The monoisotopic (exact) mass is 424 g/mol. The van der Waals surface area contributed by atoms with Gasteiger partial charge in [-0.1, -0.05) is 43.2 Å². The summed E-state index contributed by atoms with van der Waals surface area (Å²) in [5.41, 5.74) is 7.10. The van der Waals surface area contributed by atoms with Crippen molar-refractivity contribution in [2.24, 2.45) is 0 Å². The van der Waals surface area contributed by atoms with Gasteiger partial charge in [-0.05, 0) is 37.5 Å². The molecular formula is C23H28N4O4. The molecule has 164 valence electrons. The zero-order valence-electron chi connectivity index (χ0n) is 17.9. The molecule has 1 aromatic carbocycles. The Bertz CT molecular complexity index is 1130. The van der Waals surface area contributed by atoms with E-state index in [1.165, 1.54) is 15.7 Å². The fourth-order valence-electron chi connectivity index (χ4n) is 3.37. The van der Waals surface area contributed by atoms with Crippen LogP contribution in [0.3, 0.4) is 0 Å². The zero-order chi connectivity index (χ0) is 22.4. The topological polar surface area (TPSA) is 114 Å². The van der Waals surface area contributed by atoms with Gasteiger partial charge in [-0.3, -0.25) is 24.0 Å². The number of hydrogen-bond acceptors (Lipinski definition) is 5. The number of carbonyl (C=O) groups excluding carboxylic acids is 1. The number of unbranched alkanes of at least 4 members (excludes halogenated alkanes) is 1. The van der Waals surface area contributed by atoms with E-state index in [2.05, 4.69) is 4.98 Å². The Balaban J connectivity index is 1.95. The molecule has 0 aliphatic carbocycles. The number of nitrogens with two attached hydrogens (primary N) is 1. The van der Waals surface area contributed by atoms with Crippen LogP contribution in [0.5, 0.6) is 0 Å². The van der Waals surface area contributed by atoms with E-state index in [9.17, 15) is 14.4 Å². The number of furan rings is 1. The summed E-state index contributed by atoms with van der Waals surface area (Å²) >= 11 is 0. The molecule has 0 saturated carbocycles. The number of aryl methyl sites for hydroxylation is 2. The van der Waals surface area contributed by atoms with E-state index >= 15 is 0 Å². The third-order valence-electron chi connectivity index (χ3n) is 5.16. The largest absolute Gasteiger partial charge is 0.467 e. The van der Waals surface area contributed by atoms with Crippen LogP contribution < -0.4 is 21.9 Å². The Hall–Kier alpha value is -3.55. The molecule has 2 heterocycles. The number of amides is 1. The van der Waals surface area contributed by atoms with Gasteiger partial charge in [-0.25, -0.2) is 4.79 Å². The third kappa shape index (κ3) is 5.33. The number of rotatable bonds is 9. The quantitative estimate of drug-likeness (QED) is 0.548. The van der Waals surface area contributed by atoms with Crippen LogP contribution in [0.2, 0.25) is 0 Å². The lowest BCUT2D eigenvalue weighted by atomic mass is 10.1. The first-order chi connectivity index (χ1) is 14.9. The minimum atomic E-state index is -0.689. The second-order valence-corrected chi connectivity index (χ2v) is 7.54. The molecule has 31 heavy (non-hydrogen) atoms. The Morgan fingerprint density at radius 1 is 1.19 bits per heavy atom. The number of aromatic nitrogens is 2. The fraction of sp³-hybridized carbons (Fsp3) is 0.348. The van der Waals surface area contributed by atoms with Crippen molar-refractivity contribution in [2.45, 2.75) is 52.6 Å². The number of benzene rings is 1. The summed E-state index contributed by atoms with van der Waals surface area (Å²) < 4.78 is 6.70. The van der Waals surface area contributed by atoms with E-state index in [1.54, 1.807) is 12.1 Å². The molecule has 0 spiro atoms. The van der Waals surface area contributed by atoms with E-state index in [0.29, 0.717) is 18.7 Å². The minimum Gasteiger partial charge on any atom is -0.467 e. The second kappa shape index (κ2) is 9.97. The summed E-state index contributed by atoms with van der Waals surface area (Å²) in [4.78, 5) is 41.8. The van der Waals surface area contributed by atoms with Crippen LogP contribution >= 0.6 is 0 Å². The van der Waals surface area contributed by atoms with Crippen molar-refractivity contribution >= 4 is 17.4 Å². The number of carbonyl (C=O) groups is 1. The Morgan fingerprint density at radius 3 is 2.58 bits per heavy atom. The molecule has 3 rings (SSSR count). The second-order valence-electron chi connectivity index (χ2n) is 7.54. The van der Waals surface area contributed by atoms with Gasteiger partial charge < -0.3 is 10.2 Å². The maximum atomic E-state index is 13.2. The average Bonchev–Trinajstić information content (AvgIpc) is 3.25. The van der Waals surface area contributed by atoms with Crippen LogP contribution in [0, 0.1) is 6.92 Å². The van der Waals surface area contributed by atoms with E-state index in [0.717, 1.165) is 24.0 Å². The molecule has 8 nitrogen and oxygen atoms in total. The molecule has 3 N–H and O–H groups in total. The van der Waals surface area contributed by atoms with Gasteiger partial charge in [-0.15, -0.1) is 0 Å². The van der Waals surface area contributed by atoms with Crippen molar-refractivity contribution in [1.29, 1.82) is 0 Å². The van der Waals surface area contributed by atoms with Crippen molar-refractivity contribution in [2.75, 3.05) is 10.6 Å². The predicted molar refractivity (Wildman–Crippen MR) is 120 cm³/mol. The predicted octanol–water partition coefficient (Wildman–Crippen LogP) is 2.99. The fourth-order valence-corrected chi connectivity index (χ4v) is 3.37. The molecule has 2 aromatic heterocycles. The molecule has 0 fully saturated rings. The van der Waals surface area contributed by atoms with Crippen molar-refractivity contribution in [1.82, 2.24) is 9.55 Å². The van der Waals surface area contributed by atoms with Gasteiger partial charge in [0.2, 0.25) is 5.91 Å². The summed E-state index contributed by atoms with van der Waals surface area (Å²) in [6.07, 6.45) is 3.76. The SMILES string of the molecule is CCCCn1c(N)c(N(Cc2ccco2)C(=O)CCc2ccc(C)cc2)c(=O)[nH]c1=O.